The molecule has 0 heterocycles. The van der Waals surface area contributed by atoms with Crippen LogP contribution in [-0.4, -0.2) is 16.7 Å². The number of hydrogen-bond acceptors (Lipinski definition) is 3. The molecular formula is C13H17ClF3NOS. The van der Waals surface area contributed by atoms with Crippen molar-refractivity contribution in [3.05, 3.63) is 29.8 Å². The summed E-state index contributed by atoms with van der Waals surface area (Å²) >= 11 is -0.152. The van der Waals surface area contributed by atoms with Gasteiger partial charge in [-0.15, -0.1) is 12.4 Å². The van der Waals surface area contributed by atoms with Crippen LogP contribution in [0.3, 0.4) is 0 Å². The van der Waals surface area contributed by atoms with Crippen molar-refractivity contribution in [3.63, 3.8) is 0 Å². The van der Waals surface area contributed by atoms with Gasteiger partial charge in [-0.2, -0.15) is 13.2 Å². The maximum Gasteiger partial charge on any atom is 0.446 e. The normalized spacial score (nSPS) is 18.9. The van der Waals surface area contributed by atoms with Crippen LogP contribution in [0.25, 0.3) is 0 Å². The first-order valence-corrected chi connectivity index (χ1v) is 6.98. The first-order valence-electron chi connectivity index (χ1n) is 6.16. The van der Waals surface area contributed by atoms with Crippen LogP contribution in [0.2, 0.25) is 0 Å². The number of nitrogens with two attached hydrogens (primary N) is 1. The number of alkyl halides is 3. The lowest BCUT2D eigenvalue weighted by atomic mass is 9.77. The van der Waals surface area contributed by atoms with E-state index in [9.17, 15) is 18.3 Å². The Balaban J connectivity index is 0.00000200. The maximum absolute atomic E-state index is 12.2. The number of thioether (sulfide) groups is 1. The Hall–Kier alpha value is -0.430. The van der Waals surface area contributed by atoms with Crippen molar-refractivity contribution in [3.8, 4) is 0 Å². The Bertz CT molecular complexity index is 423. The molecular weight excluding hydrogens is 311 g/mol. The topological polar surface area (TPSA) is 46.2 Å². The number of aliphatic hydroxyl groups is 1. The second-order valence-corrected chi connectivity index (χ2v) is 5.96. The zero-order valence-electron chi connectivity index (χ0n) is 10.6. The number of aliphatic hydroxyl groups excluding tert-OH is 1. The lowest BCUT2D eigenvalue weighted by molar-refractivity contribution is -0.0328. The number of rotatable bonds is 4. The third-order valence-electron chi connectivity index (χ3n) is 3.50. The van der Waals surface area contributed by atoms with E-state index in [4.69, 9.17) is 5.73 Å². The van der Waals surface area contributed by atoms with E-state index in [1.165, 1.54) is 12.1 Å². The number of halogens is 4. The summed E-state index contributed by atoms with van der Waals surface area (Å²) in [5.41, 5.74) is 2.34. The van der Waals surface area contributed by atoms with Crippen LogP contribution >= 0.6 is 24.2 Å². The summed E-state index contributed by atoms with van der Waals surface area (Å²) in [6.07, 6.45) is 2.43. The van der Waals surface area contributed by atoms with Gasteiger partial charge in [0.15, 0.2) is 0 Å². The Kier molecular flexibility index (Phi) is 6.19. The summed E-state index contributed by atoms with van der Waals surface area (Å²) in [7, 11) is 0. The Labute approximate surface area is 126 Å². The lowest BCUT2D eigenvalue weighted by Gasteiger charge is -2.33. The van der Waals surface area contributed by atoms with E-state index in [1.807, 2.05) is 0 Å². The minimum atomic E-state index is -4.28. The average Bonchev–Trinajstić information content (AvgIpc) is 2.24. The maximum atomic E-state index is 12.2. The molecule has 0 bridgehead atoms. The first kappa shape index (κ1) is 17.6. The standard InChI is InChI=1S/C13H16F3NOS.ClH/c14-13(15,16)19-10-6-4-8(5-7-10)11(17)12(18)9-2-1-3-9;/h4-7,9,11-12,18H,1-3,17H2;1H/t11-,12+;/m0./s1. The first-order chi connectivity index (χ1) is 8.87. The predicted octanol–water partition coefficient (Wildman–Crippen LogP) is 3.88. The van der Waals surface area contributed by atoms with Crippen LogP contribution < -0.4 is 5.73 Å². The quantitative estimate of drug-likeness (QED) is 0.825. The molecule has 0 aromatic heterocycles. The summed E-state index contributed by atoms with van der Waals surface area (Å²) in [6, 6.07) is 5.36. The molecule has 0 aliphatic heterocycles. The van der Waals surface area contributed by atoms with E-state index in [0.29, 0.717) is 5.56 Å². The van der Waals surface area contributed by atoms with Gasteiger partial charge < -0.3 is 10.8 Å². The average molecular weight is 328 g/mol. The third-order valence-corrected chi connectivity index (χ3v) is 4.24. The van der Waals surface area contributed by atoms with E-state index >= 15 is 0 Å². The fourth-order valence-corrected chi connectivity index (χ4v) is 2.70. The molecule has 1 fully saturated rings. The van der Waals surface area contributed by atoms with E-state index in [-0.39, 0.29) is 35.0 Å². The molecule has 1 saturated carbocycles. The van der Waals surface area contributed by atoms with Crippen molar-refractivity contribution in [2.24, 2.45) is 11.7 Å². The third kappa shape index (κ3) is 4.55. The highest BCUT2D eigenvalue weighted by atomic mass is 35.5. The van der Waals surface area contributed by atoms with Gasteiger partial charge in [-0.3, -0.25) is 0 Å². The van der Waals surface area contributed by atoms with Gasteiger partial charge in [0, 0.05) is 4.90 Å². The van der Waals surface area contributed by atoms with Crippen LogP contribution in [0.5, 0.6) is 0 Å². The van der Waals surface area contributed by atoms with Gasteiger partial charge in [0.05, 0.1) is 12.1 Å². The summed E-state index contributed by atoms with van der Waals surface area (Å²) in [6.45, 7) is 0. The van der Waals surface area contributed by atoms with E-state index in [1.54, 1.807) is 12.1 Å². The highest BCUT2D eigenvalue weighted by molar-refractivity contribution is 8.00. The minimum absolute atomic E-state index is 0. The van der Waals surface area contributed by atoms with Crippen molar-refractivity contribution in [1.82, 2.24) is 0 Å². The predicted molar refractivity (Wildman–Crippen MR) is 75.9 cm³/mol. The molecule has 114 valence electrons. The molecule has 3 N–H and O–H groups in total. The molecule has 2 atom stereocenters. The Morgan fingerprint density at radius 3 is 2.15 bits per heavy atom. The number of benzene rings is 1. The van der Waals surface area contributed by atoms with Crippen LogP contribution in [0.4, 0.5) is 13.2 Å². The van der Waals surface area contributed by atoms with E-state index < -0.39 is 17.7 Å². The minimum Gasteiger partial charge on any atom is -0.391 e. The second-order valence-electron chi connectivity index (χ2n) is 4.82. The Morgan fingerprint density at radius 2 is 1.75 bits per heavy atom. The summed E-state index contributed by atoms with van der Waals surface area (Å²) in [4.78, 5) is 0.126. The molecule has 0 radical (unpaired) electrons. The zero-order chi connectivity index (χ0) is 14.0. The van der Waals surface area contributed by atoms with Crippen molar-refractivity contribution in [2.75, 3.05) is 0 Å². The number of hydrogen-bond donors (Lipinski definition) is 2. The summed E-state index contributed by atoms with van der Waals surface area (Å²) in [5.74, 6) is 0.222. The molecule has 2 nitrogen and oxygen atoms in total. The van der Waals surface area contributed by atoms with Crippen LogP contribution in [0.1, 0.15) is 30.9 Å². The van der Waals surface area contributed by atoms with Crippen molar-refractivity contribution in [2.45, 2.75) is 41.8 Å². The van der Waals surface area contributed by atoms with E-state index in [2.05, 4.69) is 0 Å². The lowest BCUT2D eigenvalue weighted by Crippen LogP contribution is -2.36. The van der Waals surface area contributed by atoms with Gasteiger partial charge in [0.1, 0.15) is 0 Å². The largest absolute Gasteiger partial charge is 0.446 e. The molecule has 2 rings (SSSR count). The van der Waals surface area contributed by atoms with Crippen molar-refractivity contribution in [1.29, 1.82) is 0 Å². The molecule has 7 heteroatoms. The van der Waals surface area contributed by atoms with Gasteiger partial charge in [-0.05, 0) is 48.2 Å². The zero-order valence-corrected chi connectivity index (χ0v) is 12.3. The van der Waals surface area contributed by atoms with Crippen molar-refractivity contribution >= 4 is 24.2 Å². The Morgan fingerprint density at radius 1 is 1.20 bits per heavy atom. The highest BCUT2D eigenvalue weighted by Crippen LogP contribution is 2.38. The van der Waals surface area contributed by atoms with Crippen molar-refractivity contribution < 1.29 is 18.3 Å². The SMILES string of the molecule is Cl.N[C@@H](c1ccc(SC(F)(F)F)cc1)[C@H](O)C1CCC1. The molecule has 1 aromatic rings. The van der Waals surface area contributed by atoms with Gasteiger partial charge in [0.25, 0.3) is 0 Å². The molecule has 0 spiro atoms. The smallest absolute Gasteiger partial charge is 0.391 e. The molecule has 1 aliphatic carbocycles. The fourth-order valence-electron chi connectivity index (χ4n) is 2.16. The fraction of sp³-hybridized carbons (Fsp3) is 0.538. The highest BCUT2D eigenvalue weighted by Gasteiger charge is 2.31. The molecule has 1 aromatic carbocycles. The van der Waals surface area contributed by atoms with E-state index in [0.717, 1.165) is 19.3 Å². The van der Waals surface area contributed by atoms with Gasteiger partial charge in [0.2, 0.25) is 0 Å². The second kappa shape index (κ2) is 7.02. The molecule has 20 heavy (non-hydrogen) atoms. The van der Waals surface area contributed by atoms with Crippen LogP contribution in [0, 0.1) is 5.92 Å². The summed E-state index contributed by atoms with van der Waals surface area (Å²) < 4.78 is 36.6. The molecule has 0 saturated heterocycles. The van der Waals surface area contributed by atoms with Gasteiger partial charge in [-0.1, -0.05) is 18.6 Å². The van der Waals surface area contributed by atoms with Crippen LogP contribution in [0.15, 0.2) is 29.2 Å². The molecule has 0 amide bonds. The molecule has 1 aliphatic rings. The van der Waals surface area contributed by atoms with Crippen LogP contribution in [-0.2, 0) is 0 Å². The van der Waals surface area contributed by atoms with Gasteiger partial charge in [-0.25, -0.2) is 0 Å². The van der Waals surface area contributed by atoms with Gasteiger partial charge >= 0.3 is 5.51 Å². The molecule has 0 unspecified atom stereocenters. The summed E-state index contributed by atoms with van der Waals surface area (Å²) in [5, 5.41) is 10.0. The monoisotopic (exact) mass is 327 g/mol.